The second-order valence-corrected chi connectivity index (χ2v) is 15.3. The first-order valence-electron chi connectivity index (χ1n) is 16.5. The van der Waals surface area contributed by atoms with Gasteiger partial charge in [-0.3, -0.25) is 19.3 Å². The monoisotopic (exact) mass is 1010 g/mol. The molecule has 1 aromatic heterocycles. The van der Waals surface area contributed by atoms with Gasteiger partial charge >= 0.3 is 81.9 Å². The van der Waals surface area contributed by atoms with Gasteiger partial charge in [0, 0.05) is 24.3 Å². The van der Waals surface area contributed by atoms with Crippen molar-refractivity contribution in [3.05, 3.63) is 98.2 Å². The Labute approximate surface area is 342 Å². The fourth-order valence-corrected chi connectivity index (χ4v) is 9.06. The summed E-state index contributed by atoms with van der Waals surface area (Å²) in [6, 6.07) is 10.2. The van der Waals surface area contributed by atoms with Crippen molar-refractivity contribution in [1.29, 1.82) is 0 Å². The predicted octanol–water partition coefficient (Wildman–Crippen LogP) is 0.0881. The Hall–Kier alpha value is -5.02. The third-order valence-electron chi connectivity index (χ3n) is 9.93. The van der Waals surface area contributed by atoms with Gasteiger partial charge in [0.2, 0.25) is 5.78 Å². The molecule has 57 heavy (non-hydrogen) atoms. The minimum atomic E-state index is -2.75. The molecule has 1 aliphatic heterocycles. The van der Waals surface area contributed by atoms with E-state index in [1.165, 1.54) is 54.9 Å². The number of aliphatic hydroxyl groups is 5. The van der Waals surface area contributed by atoms with Crippen LogP contribution in [0.2, 0.25) is 0 Å². The van der Waals surface area contributed by atoms with Crippen LogP contribution >= 0.6 is 12.4 Å². The van der Waals surface area contributed by atoms with E-state index < -0.39 is 104 Å². The van der Waals surface area contributed by atoms with Crippen LogP contribution in [0.5, 0.6) is 11.5 Å². The number of amides is 1. The maximum absolute atomic E-state index is 13.7. The number of rotatable bonds is 5. The first kappa shape index (κ1) is 46.4. The number of imidazole rings is 1. The summed E-state index contributed by atoms with van der Waals surface area (Å²) in [7, 11) is 3.01. The Bertz CT molecular complexity index is 2170. The van der Waals surface area contributed by atoms with Gasteiger partial charge < -0.3 is 52.0 Å². The van der Waals surface area contributed by atoms with Crippen LogP contribution < -0.4 is 8.55 Å². The average Bonchev–Trinajstić information content (AvgIpc) is 3.49. The molecular formula is C35H40BiClN5O15. The molecule has 1 saturated carbocycles. The molecule has 1 unspecified atom stereocenters. The Morgan fingerprint density at radius 2 is 1.75 bits per heavy atom. The Balaban J connectivity index is 0.000000284. The number of carbonyl (C=O) groups excluding carboxylic acids is 4. The molecule has 2 heterocycles. The topological polar surface area (TPSA) is 330 Å². The van der Waals surface area contributed by atoms with Crippen molar-refractivity contribution >= 4 is 71.5 Å². The van der Waals surface area contributed by atoms with Gasteiger partial charge in [0.1, 0.15) is 35.6 Å². The number of fused-ring (bicyclic) bond motifs is 4. The van der Waals surface area contributed by atoms with Gasteiger partial charge in [-0.15, -0.1) is 12.4 Å². The number of carbonyl (C=O) groups is 4. The van der Waals surface area contributed by atoms with Crippen LogP contribution in [0.15, 0.2) is 65.6 Å². The number of phenols is 1. The molecule has 22 heteroatoms. The predicted molar refractivity (Wildman–Crippen MR) is 200 cm³/mol. The van der Waals surface area contributed by atoms with Crippen LogP contribution in [0.1, 0.15) is 40.7 Å². The Morgan fingerprint density at radius 1 is 1.11 bits per heavy atom. The molecule has 20 nitrogen and oxygen atoms in total. The van der Waals surface area contributed by atoms with Crippen molar-refractivity contribution in [3.8, 4) is 11.5 Å². The second kappa shape index (κ2) is 17.6. The number of nitro groups is 1. The number of likely N-dealkylation sites (N-methyl/N-ethyl adjacent to an activating group) is 1. The van der Waals surface area contributed by atoms with E-state index >= 15 is 0 Å². The number of aromatic hydroxyl groups is 1. The number of nitrogens with two attached hydrogens (primary N) is 1. The van der Waals surface area contributed by atoms with Crippen molar-refractivity contribution < 1.29 is 65.8 Å². The van der Waals surface area contributed by atoms with E-state index in [1.54, 1.807) is 25.1 Å². The normalized spacial score (nSPS) is 24.3. The number of ketones is 2. The molecule has 0 spiro atoms. The van der Waals surface area contributed by atoms with Gasteiger partial charge in [0.25, 0.3) is 5.91 Å². The molecule has 1 fully saturated rings. The summed E-state index contributed by atoms with van der Waals surface area (Å²) in [6.45, 7) is 3.14. The van der Waals surface area contributed by atoms with Crippen LogP contribution in [-0.2, 0) is 29.3 Å². The number of aliphatic hydroxyl groups excluding tert-OH is 3. The average molecular weight is 1020 g/mol. The quantitative estimate of drug-likeness (QED) is 0.0771. The summed E-state index contributed by atoms with van der Waals surface area (Å²) in [5.41, 5.74) is -0.00394. The second-order valence-electron chi connectivity index (χ2n) is 13.3. The molecule has 0 saturated heterocycles. The van der Waals surface area contributed by atoms with Gasteiger partial charge in [0.05, 0.1) is 23.8 Å². The SMILES string of the molecule is CN(C)[C@@H]1C(=O)C(C(N)=O)=C(O)[C@@]2(O)C(=O)C3=C(O)c4c(O)cccc4[C@@](C)(O)C3C[C@@H]12.Cc1ncc([N+](=O)[O-])n1CCO.Cl.O.O=C1[O][Bi][O]c2ccccc21. The standard InChI is InChI=1S/C22H24N2O8.C7H6O3.C6H9N3O3.Bi.ClH.H2O/c1-21(31)8-5-4-6-11(25)12(8)16(26)13-9(21)7-10-15(24(2)3)17(27)14(20(23)30)19(29)22(10,32)18(13)28;8-6-4-2-1-3-5(6)7(9)10;1-5-7-4-6(9(11)12)8(5)2-3-10;;;/h4-6,9-10,15,25-26,29,31-32H,7H2,1-3H3,(H2,23,30);1-4,8H,(H,9,10);4,10H,2-3H2,1H3;;1H;1H2/q;;;+2;;/p-2/t9?,10-,15-,21+,22-;;;;;/m0...../s1. The van der Waals surface area contributed by atoms with Crippen LogP contribution in [0.25, 0.3) is 5.76 Å². The molecule has 2 aromatic carbocycles. The van der Waals surface area contributed by atoms with E-state index in [4.69, 9.17) is 16.5 Å². The van der Waals surface area contributed by atoms with Gasteiger partial charge in [-0.05, 0) is 44.0 Å². The third-order valence-corrected chi connectivity index (χ3v) is 11.9. The number of benzene rings is 2. The molecule has 0 bridgehead atoms. The van der Waals surface area contributed by atoms with Gasteiger partial charge in [-0.25, -0.2) is 9.55 Å². The first-order valence-corrected chi connectivity index (χ1v) is 19.3. The summed E-state index contributed by atoms with van der Waals surface area (Å²) in [6.07, 6.45) is 0.986. The number of hydrogen-bond donors (Lipinski definition) is 7. The first-order chi connectivity index (χ1) is 25.8. The van der Waals surface area contributed by atoms with Gasteiger partial charge in [-0.2, -0.15) is 0 Å². The summed E-state index contributed by atoms with van der Waals surface area (Å²) in [5, 5.41) is 73.9. The number of aromatic nitrogens is 2. The van der Waals surface area contributed by atoms with Crippen molar-refractivity contribution in [2.75, 3.05) is 20.7 Å². The number of phenolic OH excluding ortho intramolecular Hbond substituents is 1. The summed E-state index contributed by atoms with van der Waals surface area (Å²) < 4.78 is 11.4. The van der Waals surface area contributed by atoms with Crippen LogP contribution in [-0.4, -0.2) is 135 Å². The minimum absolute atomic E-state index is 0. The molecule has 1 amide bonds. The van der Waals surface area contributed by atoms with Crippen molar-refractivity contribution in [2.45, 2.75) is 44.1 Å². The van der Waals surface area contributed by atoms with Crippen LogP contribution in [0.4, 0.5) is 5.82 Å². The maximum atomic E-state index is 13.7. The summed E-state index contributed by atoms with van der Waals surface area (Å²) in [5.74, 6) is -6.99. The van der Waals surface area contributed by atoms with Crippen LogP contribution in [0.3, 0.4) is 0 Å². The molecular weight excluding hydrogens is 975 g/mol. The molecule has 1 radical (unpaired) electrons. The van der Waals surface area contributed by atoms with Gasteiger partial charge in [-0.1, -0.05) is 12.1 Å². The van der Waals surface area contributed by atoms with E-state index in [0.717, 1.165) is 0 Å². The van der Waals surface area contributed by atoms with E-state index in [9.17, 15) is 54.8 Å². The summed E-state index contributed by atoms with van der Waals surface area (Å²) >= 11 is -1.43. The van der Waals surface area contributed by atoms with Crippen molar-refractivity contribution in [1.82, 2.24) is 14.5 Å². The molecule has 10 N–H and O–H groups in total. The van der Waals surface area contributed by atoms with E-state index in [1.807, 2.05) is 6.07 Å². The number of aryl methyl sites for hydroxylation is 1. The number of primary amides is 1. The molecule has 4 aliphatic rings. The number of hydrogen-bond acceptors (Lipinski definition) is 16. The molecule has 3 aromatic rings. The van der Waals surface area contributed by atoms with Crippen molar-refractivity contribution in [3.63, 3.8) is 0 Å². The van der Waals surface area contributed by atoms with E-state index in [2.05, 4.69) is 4.98 Å². The molecule has 5 atom stereocenters. The third kappa shape index (κ3) is 7.96. The van der Waals surface area contributed by atoms with Crippen molar-refractivity contribution in [2.24, 2.45) is 17.6 Å². The zero-order valence-electron chi connectivity index (χ0n) is 30.6. The van der Waals surface area contributed by atoms with E-state index in [-0.39, 0.29) is 60.4 Å². The zero-order chi connectivity index (χ0) is 40.7. The van der Waals surface area contributed by atoms with E-state index in [0.29, 0.717) is 17.1 Å². The number of nitrogens with zero attached hydrogens (tertiary/aromatic N) is 4. The fraction of sp³-hybridized carbons (Fsp3) is 0.343. The van der Waals surface area contributed by atoms with Crippen LogP contribution in [0, 0.1) is 28.9 Å². The zero-order valence-corrected chi connectivity index (χ0v) is 34.9. The molecule has 7 rings (SSSR count). The number of halogens is 1. The Morgan fingerprint density at radius 3 is 2.33 bits per heavy atom. The van der Waals surface area contributed by atoms with Gasteiger partial charge in [0.15, 0.2) is 17.2 Å². The Kier molecular flexibility index (Phi) is 14.3. The fourth-order valence-electron chi connectivity index (χ4n) is 7.34. The molecule has 3 aliphatic carbocycles. The molecule has 307 valence electrons. The number of para-hydroxylation sites is 1. The number of Topliss-reactive ketones (excluding diaryl/α,β-unsaturated/α-hetero) is 2. The summed E-state index contributed by atoms with van der Waals surface area (Å²) in [4.78, 5) is 64.6.